The fourth-order valence-electron chi connectivity index (χ4n) is 5.47. The maximum absolute atomic E-state index is 13.2. The number of nitrogens with two attached hydrogens (primary N) is 1. The molecule has 1 atom stereocenters. The van der Waals surface area contributed by atoms with E-state index in [9.17, 15) is 9.59 Å². The number of amides is 2. The molecule has 10 nitrogen and oxygen atoms in total. The predicted molar refractivity (Wildman–Crippen MR) is 152 cm³/mol. The zero-order valence-corrected chi connectivity index (χ0v) is 23.1. The van der Waals surface area contributed by atoms with Crippen molar-refractivity contribution in [3.63, 3.8) is 0 Å². The normalized spacial score (nSPS) is 18.4. The number of carbonyl (C=O) groups excluding carboxylic acids is 2. The standard InChI is InChI=1S/C29H30ClN7O3/c1-17-9-10-32-22(12-17)34-27(38)19-7-5-18(6-8-19)23-24-25(31)33-13-21(30)37(24)26(35-23)20-4-3-11-36(14-20)28(39)29(2)15-40-16-29/h5-10,12-13,20H,3-4,11,14-16H2,1-2H3,(H2,31,33)(H,32,34,38)/t20-/m1/s1. The van der Waals surface area contributed by atoms with E-state index in [4.69, 9.17) is 27.1 Å². The van der Waals surface area contributed by atoms with Gasteiger partial charge in [0.25, 0.3) is 5.91 Å². The van der Waals surface area contributed by atoms with Crippen LogP contribution in [0, 0.1) is 12.3 Å². The molecule has 0 spiro atoms. The second-order valence-electron chi connectivity index (χ2n) is 10.9. The summed E-state index contributed by atoms with van der Waals surface area (Å²) in [5, 5.41) is 3.22. The Bertz CT molecular complexity index is 1610. The summed E-state index contributed by atoms with van der Waals surface area (Å²) < 4.78 is 7.17. The Balaban J connectivity index is 1.32. The Kier molecular flexibility index (Phi) is 6.67. The first-order chi connectivity index (χ1) is 19.2. The lowest BCUT2D eigenvalue weighted by atomic mass is 9.85. The van der Waals surface area contributed by atoms with Crippen LogP contribution in [-0.4, -0.2) is 62.4 Å². The van der Waals surface area contributed by atoms with Crippen LogP contribution in [-0.2, 0) is 9.53 Å². The minimum Gasteiger partial charge on any atom is -0.382 e. The van der Waals surface area contributed by atoms with Crippen LogP contribution < -0.4 is 11.1 Å². The monoisotopic (exact) mass is 559 g/mol. The third-order valence-electron chi connectivity index (χ3n) is 7.68. The van der Waals surface area contributed by atoms with E-state index in [0.717, 1.165) is 29.8 Å². The van der Waals surface area contributed by atoms with E-state index in [1.165, 1.54) is 6.20 Å². The number of halogens is 1. The van der Waals surface area contributed by atoms with E-state index in [2.05, 4.69) is 15.3 Å². The van der Waals surface area contributed by atoms with Crippen molar-refractivity contribution in [3.8, 4) is 11.3 Å². The van der Waals surface area contributed by atoms with Crippen LogP contribution in [0.15, 0.2) is 48.8 Å². The number of piperidine rings is 1. The Labute approximate surface area is 236 Å². The van der Waals surface area contributed by atoms with Crippen LogP contribution in [0.2, 0.25) is 5.15 Å². The summed E-state index contributed by atoms with van der Waals surface area (Å²) in [6.45, 7) is 6.04. The van der Waals surface area contributed by atoms with Crippen molar-refractivity contribution in [2.45, 2.75) is 32.6 Å². The number of imidazole rings is 1. The van der Waals surface area contributed by atoms with Gasteiger partial charge in [0.05, 0.1) is 24.8 Å². The Morgan fingerprint density at radius 3 is 2.65 bits per heavy atom. The second kappa shape index (κ2) is 10.2. The number of aryl methyl sites for hydroxylation is 1. The number of nitrogens with one attached hydrogen (secondary N) is 1. The van der Waals surface area contributed by atoms with Gasteiger partial charge in [-0.15, -0.1) is 0 Å². The first kappa shape index (κ1) is 26.2. The molecule has 0 unspecified atom stereocenters. The highest BCUT2D eigenvalue weighted by Crippen LogP contribution is 2.37. The molecule has 3 aromatic heterocycles. The van der Waals surface area contributed by atoms with Crippen molar-refractivity contribution in [1.82, 2.24) is 24.3 Å². The molecule has 5 heterocycles. The molecule has 2 aliphatic rings. The number of pyridine rings is 1. The lowest BCUT2D eigenvalue weighted by Gasteiger charge is -2.42. The highest BCUT2D eigenvalue weighted by Gasteiger charge is 2.45. The van der Waals surface area contributed by atoms with Crippen LogP contribution in [0.1, 0.15) is 47.4 Å². The van der Waals surface area contributed by atoms with Gasteiger partial charge in [0.15, 0.2) is 0 Å². The molecular weight excluding hydrogens is 530 g/mol. The molecule has 0 radical (unpaired) electrons. The van der Waals surface area contributed by atoms with Crippen molar-refractivity contribution in [2.75, 3.05) is 37.4 Å². The second-order valence-corrected chi connectivity index (χ2v) is 11.2. The molecule has 206 valence electrons. The zero-order valence-electron chi connectivity index (χ0n) is 22.4. The van der Waals surface area contributed by atoms with Gasteiger partial charge in [-0.25, -0.2) is 15.0 Å². The summed E-state index contributed by atoms with van der Waals surface area (Å²) in [5.74, 6) is 1.35. The topological polar surface area (TPSA) is 128 Å². The van der Waals surface area contributed by atoms with Gasteiger partial charge in [-0.1, -0.05) is 23.7 Å². The molecule has 0 bridgehead atoms. The number of nitrogens with zero attached hydrogens (tertiary/aromatic N) is 5. The van der Waals surface area contributed by atoms with Crippen LogP contribution in [0.5, 0.6) is 0 Å². The van der Waals surface area contributed by atoms with Gasteiger partial charge in [0.2, 0.25) is 5.91 Å². The number of carbonyl (C=O) groups is 2. The van der Waals surface area contributed by atoms with Crippen molar-refractivity contribution < 1.29 is 14.3 Å². The zero-order chi connectivity index (χ0) is 28.0. The number of hydrogen-bond acceptors (Lipinski definition) is 7. The number of benzene rings is 1. The van der Waals surface area contributed by atoms with Gasteiger partial charge < -0.3 is 20.7 Å². The molecule has 3 N–H and O–H groups in total. The number of likely N-dealkylation sites (tertiary alicyclic amines) is 1. The lowest BCUT2D eigenvalue weighted by Crippen LogP contribution is -2.55. The highest BCUT2D eigenvalue weighted by atomic mass is 35.5. The van der Waals surface area contributed by atoms with Gasteiger partial charge in [0, 0.05) is 36.3 Å². The molecule has 1 aromatic carbocycles. The van der Waals surface area contributed by atoms with Gasteiger partial charge >= 0.3 is 0 Å². The van der Waals surface area contributed by atoms with Crippen molar-refractivity contribution >= 4 is 40.6 Å². The molecule has 40 heavy (non-hydrogen) atoms. The minimum absolute atomic E-state index is 0.0327. The van der Waals surface area contributed by atoms with Crippen molar-refractivity contribution in [2.24, 2.45) is 5.41 Å². The first-order valence-corrected chi connectivity index (χ1v) is 13.7. The molecule has 2 amide bonds. The van der Waals surface area contributed by atoms with E-state index in [-0.39, 0.29) is 17.7 Å². The van der Waals surface area contributed by atoms with E-state index in [1.54, 1.807) is 18.3 Å². The first-order valence-electron chi connectivity index (χ1n) is 13.3. The summed E-state index contributed by atoms with van der Waals surface area (Å²) in [7, 11) is 0. The Hall–Kier alpha value is -4.02. The van der Waals surface area contributed by atoms with Gasteiger partial charge in [-0.05, 0) is 56.5 Å². The minimum atomic E-state index is -0.461. The van der Waals surface area contributed by atoms with E-state index in [0.29, 0.717) is 59.9 Å². The van der Waals surface area contributed by atoms with E-state index >= 15 is 0 Å². The molecule has 0 saturated carbocycles. The summed E-state index contributed by atoms with van der Waals surface area (Å²) >= 11 is 6.66. The van der Waals surface area contributed by atoms with E-state index in [1.807, 2.05) is 47.4 Å². The number of fused-ring (bicyclic) bond motifs is 1. The number of nitrogen functional groups attached to an aromatic ring is 1. The summed E-state index contributed by atoms with van der Waals surface area (Å²) in [4.78, 5) is 41.5. The fraction of sp³-hybridized carbons (Fsp3) is 0.345. The van der Waals surface area contributed by atoms with Crippen LogP contribution >= 0.6 is 11.6 Å². The molecule has 2 saturated heterocycles. The Morgan fingerprint density at radius 2 is 1.95 bits per heavy atom. The predicted octanol–water partition coefficient (Wildman–Crippen LogP) is 4.33. The quantitative estimate of drug-likeness (QED) is 0.372. The SMILES string of the molecule is Cc1ccnc(NC(=O)c2ccc(-c3nc([C@@H]4CCCN(C(=O)C5(C)COC5)C4)n4c(Cl)cnc(N)c34)cc2)c1. The lowest BCUT2D eigenvalue weighted by molar-refractivity contribution is -0.169. The number of aromatic nitrogens is 4. The van der Waals surface area contributed by atoms with Crippen LogP contribution in [0.3, 0.4) is 0 Å². The Morgan fingerprint density at radius 1 is 1.18 bits per heavy atom. The maximum atomic E-state index is 13.2. The summed E-state index contributed by atoms with van der Waals surface area (Å²) in [5.41, 5.74) is 9.38. The van der Waals surface area contributed by atoms with Crippen molar-refractivity contribution in [3.05, 3.63) is 70.9 Å². The summed E-state index contributed by atoms with van der Waals surface area (Å²) in [6, 6.07) is 10.8. The third kappa shape index (κ3) is 4.67. The fourth-order valence-corrected chi connectivity index (χ4v) is 5.69. The summed E-state index contributed by atoms with van der Waals surface area (Å²) in [6.07, 6.45) is 4.89. The number of rotatable bonds is 5. The van der Waals surface area contributed by atoms with E-state index < -0.39 is 5.41 Å². The van der Waals surface area contributed by atoms with Crippen LogP contribution in [0.25, 0.3) is 16.8 Å². The molecule has 4 aromatic rings. The number of anilines is 2. The molecule has 6 rings (SSSR count). The molecule has 2 aliphatic heterocycles. The average Bonchev–Trinajstić information content (AvgIpc) is 3.36. The molecule has 0 aliphatic carbocycles. The van der Waals surface area contributed by atoms with Gasteiger partial charge in [-0.2, -0.15) is 0 Å². The average molecular weight is 560 g/mol. The van der Waals surface area contributed by atoms with Crippen LogP contribution in [0.4, 0.5) is 11.6 Å². The smallest absolute Gasteiger partial charge is 0.256 e. The highest BCUT2D eigenvalue weighted by molar-refractivity contribution is 6.30. The largest absolute Gasteiger partial charge is 0.382 e. The third-order valence-corrected chi connectivity index (χ3v) is 7.95. The number of hydrogen-bond donors (Lipinski definition) is 2. The maximum Gasteiger partial charge on any atom is 0.256 e. The molecular formula is C29H30ClN7O3. The molecule has 11 heteroatoms. The van der Waals surface area contributed by atoms with Crippen molar-refractivity contribution in [1.29, 1.82) is 0 Å². The number of ether oxygens (including phenoxy) is 1. The molecule has 2 fully saturated rings. The van der Waals surface area contributed by atoms with Gasteiger partial charge in [-0.3, -0.25) is 14.0 Å². The van der Waals surface area contributed by atoms with Gasteiger partial charge in [0.1, 0.15) is 33.8 Å².